The highest BCUT2D eigenvalue weighted by Crippen LogP contribution is 2.37. The van der Waals surface area contributed by atoms with Gasteiger partial charge < -0.3 is 4.79 Å². The molecule has 0 spiro atoms. The minimum atomic E-state index is -0.114. The molecule has 0 atom stereocenters. The predicted molar refractivity (Wildman–Crippen MR) is 74.6 cm³/mol. The molecular weight excluding hydrogens is 244 g/mol. The van der Waals surface area contributed by atoms with E-state index in [0.717, 1.165) is 37.5 Å². The first-order valence-electron chi connectivity index (χ1n) is 6.65. The van der Waals surface area contributed by atoms with Gasteiger partial charge >= 0.3 is 0 Å². The van der Waals surface area contributed by atoms with Crippen molar-refractivity contribution in [1.82, 2.24) is 9.88 Å². The van der Waals surface area contributed by atoms with E-state index >= 15 is 0 Å². The minimum Gasteiger partial charge on any atom is -0.303 e. The third-order valence-electron chi connectivity index (χ3n) is 4.02. The average molecular weight is 266 g/mol. The highest BCUT2D eigenvalue weighted by molar-refractivity contribution is 7.07. The van der Waals surface area contributed by atoms with Gasteiger partial charge in [-0.15, -0.1) is 11.3 Å². The largest absolute Gasteiger partial charge is 0.303 e. The van der Waals surface area contributed by atoms with E-state index < -0.39 is 0 Å². The van der Waals surface area contributed by atoms with Crippen LogP contribution in [0.15, 0.2) is 10.9 Å². The standard InChI is InChI=1S/C14H22N2OS/c1-12-3-5-14(10-17,6-4-12)9-16(2)7-13-8-18-11-15-13/h8,10-12H,3-7,9H2,1-2H3. The second-order valence-corrected chi connectivity index (χ2v) is 6.53. The van der Waals surface area contributed by atoms with Crippen molar-refractivity contribution in [2.24, 2.45) is 11.3 Å². The van der Waals surface area contributed by atoms with Crippen molar-refractivity contribution in [1.29, 1.82) is 0 Å². The summed E-state index contributed by atoms with van der Waals surface area (Å²) in [5, 5.41) is 2.08. The van der Waals surface area contributed by atoms with Crippen LogP contribution >= 0.6 is 11.3 Å². The summed E-state index contributed by atoms with van der Waals surface area (Å²) in [6, 6.07) is 0. The molecule has 2 rings (SSSR count). The van der Waals surface area contributed by atoms with Gasteiger partial charge in [-0.3, -0.25) is 4.90 Å². The monoisotopic (exact) mass is 266 g/mol. The topological polar surface area (TPSA) is 33.2 Å². The maximum atomic E-state index is 11.5. The number of hydrogen-bond acceptors (Lipinski definition) is 4. The molecule has 1 heterocycles. The molecule has 0 radical (unpaired) electrons. The van der Waals surface area contributed by atoms with E-state index in [1.807, 2.05) is 5.51 Å². The zero-order chi connectivity index (χ0) is 13.0. The van der Waals surface area contributed by atoms with Gasteiger partial charge in [0.05, 0.1) is 11.2 Å². The van der Waals surface area contributed by atoms with Gasteiger partial charge in [0.1, 0.15) is 6.29 Å². The van der Waals surface area contributed by atoms with Crippen LogP contribution in [0, 0.1) is 11.3 Å². The fourth-order valence-corrected chi connectivity index (χ4v) is 3.39. The molecule has 1 aliphatic rings. The summed E-state index contributed by atoms with van der Waals surface area (Å²) in [5.74, 6) is 0.780. The molecule has 0 saturated heterocycles. The van der Waals surface area contributed by atoms with Crippen LogP contribution in [0.4, 0.5) is 0 Å². The van der Waals surface area contributed by atoms with Crippen molar-refractivity contribution in [3.8, 4) is 0 Å². The molecule has 0 aliphatic heterocycles. The van der Waals surface area contributed by atoms with E-state index in [0.29, 0.717) is 0 Å². The van der Waals surface area contributed by atoms with Gasteiger partial charge in [-0.1, -0.05) is 6.92 Å². The van der Waals surface area contributed by atoms with Gasteiger partial charge in [-0.25, -0.2) is 4.98 Å². The Bertz CT molecular complexity index is 369. The third-order valence-corrected chi connectivity index (χ3v) is 4.66. The molecule has 18 heavy (non-hydrogen) atoms. The lowest BCUT2D eigenvalue weighted by Crippen LogP contribution is -2.39. The first kappa shape index (κ1) is 13.7. The molecule has 0 N–H and O–H groups in total. The highest BCUT2D eigenvalue weighted by Gasteiger charge is 2.34. The lowest BCUT2D eigenvalue weighted by molar-refractivity contribution is -0.119. The van der Waals surface area contributed by atoms with Crippen LogP contribution in [0.2, 0.25) is 0 Å². The molecule has 1 aromatic heterocycles. The number of carbonyl (C=O) groups excluding carboxylic acids is 1. The van der Waals surface area contributed by atoms with Crippen LogP contribution in [0.1, 0.15) is 38.3 Å². The first-order valence-corrected chi connectivity index (χ1v) is 7.60. The van der Waals surface area contributed by atoms with Crippen molar-refractivity contribution in [3.63, 3.8) is 0 Å². The van der Waals surface area contributed by atoms with Crippen LogP contribution in [0.25, 0.3) is 0 Å². The van der Waals surface area contributed by atoms with E-state index in [9.17, 15) is 4.79 Å². The first-order chi connectivity index (χ1) is 8.63. The van der Waals surface area contributed by atoms with Crippen LogP contribution in [0.3, 0.4) is 0 Å². The zero-order valence-corrected chi connectivity index (χ0v) is 12.1. The smallest absolute Gasteiger partial charge is 0.127 e. The van der Waals surface area contributed by atoms with E-state index in [1.165, 1.54) is 19.1 Å². The van der Waals surface area contributed by atoms with Crippen molar-refractivity contribution in [3.05, 3.63) is 16.6 Å². The third kappa shape index (κ3) is 3.39. The molecule has 0 bridgehead atoms. The van der Waals surface area contributed by atoms with Crippen LogP contribution in [0.5, 0.6) is 0 Å². The molecule has 1 fully saturated rings. The molecule has 3 nitrogen and oxygen atoms in total. The molecule has 0 amide bonds. The maximum absolute atomic E-state index is 11.5. The highest BCUT2D eigenvalue weighted by atomic mass is 32.1. The number of hydrogen-bond donors (Lipinski definition) is 0. The van der Waals surface area contributed by atoms with Crippen LogP contribution < -0.4 is 0 Å². The van der Waals surface area contributed by atoms with Gasteiger partial charge in [-0.2, -0.15) is 0 Å². The molecule has 0 aromatic carbocycles. The summed E-state index contributed by atoms with van der Waals surface area (Å²) in [5.41, 5.74) is 2.85. The number of aldehydes is 1. The normalized spacial score (nSPS) is 28.5. The molecular formula is C14H22N2OS. The summed E-state index contributed by atoms with van der Waals surface area (Å²) >= 11 is 1.63. The number of nitrogens with zero attached hydrogens (tertiary/aromatic N) is 2. The summed E-state index contributed by atoms with van der Waals surface area (Å²) in [4.78, 5) is 18.0. The van der Waals surface area contributed by atoms with Gasteiger partial charge in [0.2, 0.25) is 0 Å². The van der Waals surface area contributed by atoms with Gasteiger partial charge in [0.15, 0.2) is 0 Å². The lowest BCUT2D eigenvalue weighted by Gasteiger charge is -2.37. The van der Waals surface area contributed by atoms with Crippen molar-refractivity contribution >= 4 is 17.6 Å². The Morgan fingerprint density at radius 3 is 2.83 bits per heavy atom. The zero-order valence-electron chi connectivity index (χ0n) is 11.3. The molecule has 0 unspecified atom stereocenters. The molecule has 4 heteroatoms. The Balaban J connectivity index is 1.91. The second kappa shape index (κ2) is 5.93. The second-order valence-electron chi connectivity index (χ2n) is 5.81. The van der Waals surface area contributed by atoms with Crippen molar-refractivity contribution in [2.45, 2.75) is 39.2 Å². The van der Waals surface area contributed by atoms with E-state index in [-0.39, 0.29) is 5.41 Å². The van der Waals surface area contributed by atoms with Crippen LogP contribution in [-0.4, -0.2) is 29.8 Å². The molecule has 1 aliphatic carbocycles. The SMILES string of the molecule is CC1CCC(C=O)(CN(C)Cc2cscn2)CC1. The summed E-state index contributed by atoms with van der Waals surface area (Å²) in [6.07, 6.45) is 5.65. The lowest BCUT2D eigenvalue weighted by atomic mass is 9.71. The molecule has 1 saturated carbocycles. The fourth-order valence-electron chi connectivity index (χ4n) is 2.84. The Labute approximate surface area is 113 Å². The minimum absolute atomic E-state index is 0.114. The maximum Gasteiger partial charge on any atom is 0.127 e. The Morgan fingerprint density at radius 1 is 1.56 bits per heavy atom. The fraction of sp³-hybridized carbons (Fsp3) is 0.714. The Morgan fingerprint density at radius 2 is 2.28 bits per heavy atom. The number of carbonyl (C=O) groups is 1. The number of thiazole rings is 1. The summed E-state index contributed by atoms with van der Waals surface area (Å²) in [6.45, 7) is 3.99. The number of aromatic nitrogens is 1. The van der Waals surface area contributed by atoms with E-state index in [2.05, 4.69) is 29.2 Å². The predicted octanol–water partition coefficient (Wildman–Crippen LogP) is 2.97. The van der Waals surface area contributed by atoms with Gasteiger partial charge in [-0.05, 0) is 38.6 Å². The van der Waals surface area contributed by atoms with Crippen molar-refractivity contribution in [2.75, 3.05) is 13.6 Å². The van der Waals surface area contributed by atoms with Gasteiger partial charge in [0.25, 0.3) is 0 Å². The average Bonchev–Trinajstić information content (AvgIpc) is 2.85. The Hall–Kier alpha value is -0.740. The van der Waals surface area contributed by atoms with E-state index in [1.54, 1.807) is 11.3 Å². The van der Waals surface area contributed by atoms with Gasteiger partial charge in [0, 0.05) is 23.9 Å². The summed E-state index contributed by atoms with van der Waals surface area (Å²) in [7, 11) is 2.09. The molecule has 100 valence electrons. The molecule has 1 aromatic rings. The van der Waals surface area contributed by atoms with E-state index in [4.69, 9.17) is 0 Å². The van der Waals surface area contributed by atoms with Crippen molar-refractivity contribution < 1.29 is 4.79 Å². The summed E-state index contributed by atoms with van der Waals surface area (Å²) < 4.78 is 0. The Kier molecular flexibility index (Phi) is 4.51. The quantitative estimate of drug-likeness (QED) is 0.768. The van der Waals surface area contributed by atoms with Crippen LogP contribution in [-0.2, 0) is 11.3 Å². The number of rotatable bonds is 5.